The van der Waals surface area contributed by atoms with Gasteiger partial charge in [0.25, 0.3) is 0 Å². The van der Waals surface area contributed by atoms with E-state index >= 15 is 0 Å². The third kappa shape index (κ3) is 3.11. The SMILES string of the molecule is CN(C)CCC1=C/C(=C\c2cccnc2)c2ccccc21. The first-order valence-corrected chi connectivity index (χ1v) is 7.31. The van der Waals surface area contributed by atoms with E-state index in [1.165, 1.54) is 22.3 Å². The minimum Gasteiger partial charge on any atom is -0.309 e. The van der Waals surface area contributed by atoms with Crippen molar-refractivity contribution < 1.29 is 0 Å². The summed E-state index contributed by atoms with van der Waals surface area (Å²) in [6, 6.07) is 12.7. The van der Waals surface area contributed by atoms with Gasteiger partial charge in [0.1, 0.15) is 0 Å². The number of rotatable bonds is 4. The summed E-state index contributed by atoms with van der Waals surface area (Å²) in [5.74, 6) is 0. The van der Waals surface area contributed by atoms with Crippen molar-refractivity contribution in [1.82, 2.24) is 9.88 Å². The molecule has 0 N–H and O–H groups in total. The van der Waals surface area contributed by atoms with Crippen molar-refractivity contribution in [1.29, 1.82) is 0 Å². The highest BCUT2D eigenvalue weighted by Gasteiger charge is 2.17. The zero-order valence-electron chi connectivity index (χ0n) is 12.6. The van der Waals surface area contributed by atoms with Crippen LogP contribution in [0.15, 0.2) is 54.9 Å². The monoisotopic (exact) mass is 276 g/mol. The van der Waals surface area contributed by atoms with Crippen molar-refractivity contribution in [3.8, 4) is 0 Å². The van der Waals surface area contributed by atoms with E-state index in [1.54, 1.807) is 0 Å². The maximum atomic E-state index is 4.19. The molecular weight excluding hydrogens is 256 g/mol. The zero-order chi connectivity index (χ0) is 14.7. The van der Waals surface area contributed by atoms with Crippen molar-refractivity contribution in [3.63, 3.8) is 0 Å². The number of aromatic nitrogens is 1. The maximum absolute atomic E-state index is 4.19. The highest BCUT2D eigenvalue weighted by Crippen LogP contribution is 2.37. The topological polar surface area (TPSA) is 16.1 Å². The van der Waals surface area contributed by atoms with Crippen LogP contribution >= 0.6 is 0 Å². The molecule has 1 aromatic carbocycles. The Hall–Kier alpha value is -2.19. The lowest BCUT2D eigenvalue weighted by molar-refractivity contribution is 0.419. The third-order valence-corrected chi connectivity index (χ3v) is 3.75. The number of fused-ring (bicyclic) bond motifs is 1. The van der Waals surface area contributed by atoms with E-state index in [0.29, 0.717) is 0 Å². The lowest BCUT2D eigenvalue weighted by Gasteiger charge is -2.10. The molecule has 0 spiro atoms. The fourth-order valence-electron chi connectivity index (χ4n) is 2.67. The highest BCUT2D eigenvalue weighted by molar-refractivity contribution is 6.01. The summed E-state index contributed by atoms with van der Waals surface area (Å²) in [5.41, 5.74) is 6.55. The number of pyridine rings is 1. The van der Waals surface area contributed by atoms with E-state index in [4.69, 9.17) is 0 Å². The van der Waals surface area contributed by atoms with Crippen molar-refractivity contribution in [2.75, 3.05) is 20.6 Å². The molecule has 2 aromatic rings. The zero-order valence-corrected chi connectivity index (χ0v) is 12.6. The molecular formula is C19H20N2. The van der Waals surface area contributed by atoms with Crippen LogP contribution in [0.3, 0.4) is 0 Å². The summed E-state index contributed by atoms with van der Waals surface area (Å²) in [4.78, 5) is 6.42. The Balaban J connectivity index is 1.96. The van der Waals surface area contributed by atoms with Gasteiger partial charge in [-0.15, -0.1) is 0 Å². The van der Waals surface area contributed by atoms with E-state index in [-0.39, 0.29) is 0 Å². The van der Waals surface area contributed by atoms with Gasteiger partial charge in [-0.2, -0.15) is 0 Å². The smallest absolute Gasteiger partial charge is 0.0340 e. The Morgan fingerprint density at radius 2 is 1.86 bits per heavy atom. The molecule has 0 bridgehead atoms. The van der Waals surface area contributed by atoms with Gasteiger partial charge in [-0.1, -0.05) is 36.4 Å². The minimum absolute atomic E-state index is 1.07. The van der Waals surface area contributed by atoms with Crippen molar-refractivity contribution >= 4 is 17.2 Å². The molecule has 0 radical (unpaired) electrons. The summed E-state index contributed by atoms with van der Waals surface area (Å²) >= 11 is 0. The number of hydrogen-bond donors (Lipinski definition) is 0. The van der Waals surface area contributed by atoms with Crippen LogP contribution in [0.2, 0.25) is 0 Å². The molecule has 2 heteroatoms. The summed E-state index contributed by atoms with van der Waals surface area (Å²) in [7, 11) is 4.24. The fraction of sp³-hybridized carbons (Fsp3) is 0.211. The van der Waals surface area contributed by atoms with Crippen LogP contribution in [0, 0.1) is 0 Å². The summed E-state index contributed by atoms with van der Waals surface area (Å²) in [6.45, 7) is 1.07. The summed E-state index contributed by atoms with van der Waals surface area (Å²) in [5, 5.41) is 0. The molecule has 0 aliphatic heterocycles. The van der Waals surface area contributed by atoms with Crippen LogP contribution in [-0.2, 0) is 0 Å². The molecule has 1 heterocycles. The Morgan fingerprint density at radius 3 is 2.57 bits per heavy atom. The highest BCUT2D eigenvalue weighted by atomic mass is 15.0. The normalized spacial score (nSPS) is 15.4. The predicted octanol–water partition coefficient (Wildman–Crippen LogP) is 3.97. The van der Waals surface area contributed by atoms with Gasteiger partial charge >= 0.3 is 0 Å². The second kappa shape index (κ2) is 6.06. The first kappa shape index (κ1) is 13.8. The Morgan fingerprint density at radius 1 is 1.05 bits per heavy atom. The average molecular weight is 276 g/mol. The van der Waals surface area contributed by atoms with Gasteiger partial charge in [-0.3, -0.25) is 4.98 Å². The molecule has 1 aliphatic rings. The molecule has 0 atom stereocenters. The van der Waals surface area contributed by atoms with Crippen molar-refractivity contribution in [2.45, 2.75) is 6.42 Å². The second-order valence-corrected chi connectivity index (χ2v) is 5.65. The molecule has 0 unspecified atom stereocenters. The first-order chi connectivity index (χ1) is 10.2. The van der Waals surface area contributed by atoms with Gasteiger partial charge in [0.15, 0.2) is 0 Å². The van der Waals surface area contributed by atoms with Crippen LogP contribution in [-0.4, -0.2) is 30.5 Å². The van der Waals surface area contributed by atoms with E-state index < -0.39 is 0 Å². The number of hydrogen-bond acceptors (Lipinski definition) is 2. The van der Waals surface area contributed by atoms with E-state index in [0.717, 1.165) is 18.5 Å². The largest absolute Gasteiger partial charge is 0.309 e. The average Bonchev–Trinajstić information content (AvgIpc) is 2.85. The Bertz CT molecular complexity index is 682. The van der Waals surface area contributed by atoms with Gasteiger partial charge in [0.05, 0.1) is 0 Å². The van der Waals surface area contributed by atoms with E-state index in [2.05, 4.69) is 66.5 Å². The number of nitrogens with zero attached hydrogens (tertiary/aromatic N) is 2. The molecule has 2 nitrogen and oxygen atoms in total. The Labute approximate surface area is 126 Å². The quantitative estimate of drug-likeness (QED) is 0.840. The van der Waals surface area contributed by atoms with Crippen LogP contribution < -0.4 is 0 Å². The van der Waals surface area contributed by atoms with Gasteiger partial charge in [0, 0.05) is 18.9 Å². The van der Waals surface area contributed by atoms with E-state index in [1.807, 2.05) is 18.5 Å². The molecule has 0 saturated heterocycles. The van der Waals surface area contributed by atoms with Gasteiger partial charge in [0.2, 0.25) is 0 Å². The van der Waals surface area contributed by atoms with Crippen molar-refractivity contribution in [2.24, 2.45) is 0 Å². The van der Waals surface area contributed by atoms with Gasteiger partial charge in [-0.25, -0.2) is 0 Å². The molecule has 3 rings (SSSR count). The fourth-order valence-corrected chi connectivity index (χ4v) is 2.67. The number of allylic oxidation sites excluding steroid dienone is 2. The summed E-state index contributed by atoms with van der Waals surface area (Å²) < 4.78 is 0. The summed E-state index contributed by atoms with van der Waals surface area (Å²) in [6.07, 6.45) is 9.33. The molecule has 1 aromatic heterocycles. The molecule has 106 valence electrons. The lowest BCUT2D eigenvalue weighted by Crippen LogP contribution is -2.13. The van der Waals surface area contributed by atoms with Crippen molar-refractivity contribution in [3.05, 3.63) is 71.6 Å². The van der Waals surface area contributed by atoms with Gasteiger partial charge in [-0.05, 0) is 60.5 Å². The van der Waals surface area contributed by atoms with Crippen LogP contribution in [0.1, 0.15) is 23.1 Å². The molecule has 0 amide bonds. The van der Waals surface area contributed by atoms with Gasteiger partial charge < -0.3 is 4.90 Å². The van der Waals surface area contributed by atoms with Crippen LogP contribution in [0.4, 0.5) is 0 Å². The molecule has 0 fully saturated rings. The molecule has 21 heavy (non-hydrogen) atoms. The minimum atomic E-state index is 1.07. The second-order valence-electron chi connectivity index (χ2n) is 5.65. The van der Waals surface area contributed by atoms with E-state index in [9.17, 15) is 0 Å². The number of benzene rings is 1. The third-order valence-electron chi connectivity index (χ3n) is 3.75. The standard InChI is InChI=1S/C19H20N2/c1-21(2)11-9-16-13-17(12-15-6-5-10-20-14-15)19-8-4-3-7-18(16)19/h3-8,10,12-14H,9,11H2,1-2H3/b17-12+. The first-order valence-electron chi connectivity index (χ1n) is 7.31. The lowest BCUT2D eigenvalue weighted by atomic mass is 10.0. The molecule has 1 aliphatic carbocycles. The maximum Gasteiger partial charge on any atom is 0.0340 e. The van der Waals surface area contributed by atoms with Crippen LogP contribution in [0.25, 0.3) is 17.2 Å². The Kier molecular flexibility index (Phi) is 3.98. The van der Waals surface area contributed by atoms with Crippen LogP contribution in [0.5, 0.6) is 0 Å². The predicted molar refractivity (Wildman–Crippen MR) is 89.7 cm³/mol. The molecule has 0 saturated carbocycles.